The number of phenols is 3. The van der Waals surface area contributed by atoms with Crippen molar-refractivity contribution in [2.45, 2.75) is 20.0 Å². The first-order chi connectivity index (χ1) is 13.8. The van der Waals surface area contributed by atoms with Crippen LogP contribution in [0.25, 0.3) is 0 Å². The van der Waals surface area contributed by atoms with Crippen molar-refractivity contribution in [3.63, 3.8) is 0 Å². The highest BCUT2D eigenvalue weighted by Gasteiger charge is 2.18. The number of carboxylic acids is 1. The topological polar surface area (TPSA) is 134 Å². The number of nitrogens with zero attached hydrogens (tertiary/aromatic N) is 2. The summed E-state index contributed by atoms with van der Waals surface area (Å²) in [5, 5.41) is 49.4. The zero-order valence-electron chi connectivity index (χ0n) is 15.6. The van der Waals surface area contributed by atoms with Gasteiger partial charge in [-0.25, -0.2) is 4.79 Å². The Hall–Kier alpha value is -3.94. The zero-order valence-corrected chi connectivity index (χ0v) is 15.6. The van der Waals surface area contributed by atoms with Crippen LogP contribution < -0.4 is 4.90 Å². The molecule has 0 fully saturated rings. The van der Waals surface area contributed by atoms with Gasteiger partial charge >= 0.3 is 5.97 Å². The monoisotopic (exact) mass is 396 g/mol. The van der Waals surface area contributed by atoms with Gasteiger partial charge in [0.05, 0.1) is 5.69 Å². The summed E-state index contributed by atoms with van der Waals surface area (Å²) in [6.45, 7) is 1.92. The SMILES string of the molecule is Cc1nccc(CN(Cc2cc(O)ccc2O)c2ccc(O)c(C(=O)O)c2)c1O. The second-order valence-electron chi connectivity index (χ2n) is 6.58. The normalized spacial score (nSPS) is 10.7. The molecule has 3 aromatic rings. The Bertz CT molecular complexity index is 1060. The molecule has 0 unspecified atom stereocenters. The number of aromatic carboxylic acids is 1. The molecule has 0 radical (unpaired) electrons. The number of hydrogen-bond acceptors (Lipinski definition) is 7. The van der Waals surface area contributed by atoms with Gasteiger partial charge in [-0.05, 0) is 49.4 Å². The number of pyridine rings is 1. The predicted molar refractivity (Wildman–Crippen MR) is 105 cm³/mol. The van der Waals surface area contributed by atoms with Gasteiger partial charge in [-0.15, -0.1) is 0 Å². The van der Waals surface area contributed by atoms with Gasteiger partial charge in [0.2, 0.25) is 0 Å². The number of anilines is 1. The number of benzene rings is 2. The third-order valence-electron chi connectivity index (χ3n) is 4.55. The van der Waals surface area contributed by atoms with Gasteiger partial charge in [0.1, 0.15) is 28.6 Å². The Morgan fingerprint density at radius 2 is 1.62 bits per heavy atom. The Kier molecular flexibility index (Phi) is 5.45. The number of aromatic hydroxyl groups is 4. The number of aromatic nitrogens is 1. The van der Waals surface area contributed by atoms with Crippen LogP contribution in [0.3, 0.4) is 0 Å². The first-order valence-corrected chi connectivity index (χ1v) is 8.72. The minimum Gasteiger partial charge on any atom is -0.508 e. The van der Waals surface area contributed by atoms with Gasteiger partial charge < -0.3 is 30.4 Å². The maximum Gasteiger partial charge on any atom is 0.339 e. The molecule has 0 aliphatic carbocycles. The van der Waals surface area contributed by atoms with Gasteiger partial charge in [-0.1, -0.05) is 0 Å². The lowest BCUT2D eigenvalue weighted by Gasteiger charge is -2.26. The molecule has 3 rings (SSSR count). The molecular formula is C21H20N2O6. The fraction of sp³-hybridized carbons (Fsp3) is 0.143. The van der Waals surface area contributed by atoms with Crippen LogP contribution in [-0.4, -0.2) is 36.5 Å². The quantitative estimate of drug-likeness (QED) is 0.401. The first-order valence-electron chi connectivity index (χ1n) is 8.72. The first kappa shape index (κ1) is 19.8. The fourth-order valence-corrected chi connectivity index (χ4v) is 2.98. The highest BCUT2D eigenvalue weighted by Crippen LogP contribution is 2.31. The summed E-state index contributed by atoms with van der Waals surface area (Å²) in [6.07, 6.45) is 1.55. The van der Waals surface area contributed by atoms with E-state index < -0.39 is 5.97 Å². The van der Waals surface area contributed by atoms with Crippen LogP contribution in [0.15, 0.2) is 48.7 Å². The molecule has 0 saturated heterocycles. The molecule has 0 aliphatic rings. The third-order valence-corrected chi connectivity index (χ3v) is 4.55. The maximum atomic E-state index is 11.4. The molecule has 0 atom stereocenters. The van der Waals surface area contributed by atoms with Crippen LogP contribution in [0.2, 0.25) is 0 Å². The molecule has 8 nitrogen and oxygen atoms in total. The zero-order chi connectivity index (χ0) is 21.1. The molecule has 0 aliphatic heterocycles. The van der Waals surface area contributed by atoms with E-state index in [4.69, 9.17) is 0 Å². The Balaban J connectivity index is 2.06. The highest BCUT2D eigenvalue weighted by atomic mass is 16.4. The van der Waals surface area contributed by atoms with Crippen molar-refractivity contribution in [2.24, 2.45) is 0 Å². The predicted octanol–water partition coefficient (Wildman–Crippen LogP) is 3.12. The van der Waals surface area contributed by atoms with Gasteiger partial charge in [0.25, 0.3) is 0 Å². The summed E-state index contributed by atoms with van der Waals surface area (Å²) in [5.74, 6) is -1.72. The molecule has 0 amide bonds. The van der Waals surface area contributed by atoms with E-state index in [0.717, 1.165) is 0 Å². The van der Waals surface area contributed by atoms with Crippen molar-refractivity contribution in [1.82, 2.24) is 4.98 Å². The van der Waals surface area contributed by atoms with Gasteiger partial charge in [0.15, 0.2) is 0 Å². The van der Waals surface area contributed by atoms with Crippen LogP contribution in [0.4, 0.5) is 5.69 Å². The number of hydrogen-bond donors (Lipinski definition) is 5. The molecule has 0 bridgehead atoms. The maximum absolute atomic E-state index is 11.4. The average Bonchev–Trinajstić information content (AvgIpc) is 2.67. The summed E-state index contributed by atoms with van der Waals surface area (Å²) >= 11 is 0. The van der Waals surface area contributed by atoms with Crippen LogP contribution in [0, 0.1) is 6.92 Å². The van der Waals surface area contributed by atoms with Gasteiger partial charge in [-0.3, -0.25) is 4.98 Å². The van der Waals surface area contributed by atoms with Crippen molar-refractivity contribution < 1.29 is 30.3 Å². The molecule has 0 saturated carbocycles. The number of carboxylic acid groups (broad SMARTS) is 1. The van der Waals surface area contributed by atoms with Crippen molar-refractivity contribution in [1.29, 1.82) is 0 Å². The number of phenolic OH excluding ortho intramolecular Hbond substituents is 2. The molecule has 0 spiro atoms. The summed E-state index contributed by atoms with van der Waals surface area (Å²) in [4.78, 5) is 17.1. The Morgan fingerprint density at radius 3 is 2.34 bits per heavy atom. The van der Waals surface area contributed by atoms with Crippen LogP contribution in [-0.2, 0) is 13.1 Å². The second kappa shape index (κ2) is 7.97. The van der Waals surface area contributed by atoms with Crippen molar-refractivity contribution in [3.8, 4) is 23.0 Å². The van der Waals surface area contributed by atoms with Gasteiger partial charge in [-0.2, -0.15) is 0 Å². The molecular weight excluding hydrogens is 376 g/mol. The molecule has 1 heterocycles. The van der Waals surface area contributed by atoms with E-state index in [1.165, 1.54) is 36.4 Å². The lowest BCUT2D eigenvalue weighted by Crippen LogP contribution is -2.23. The third kappa shape index (κ3) is 4.32. The number of rotatable bonds is 6. The van der Waals surface area contributed by atoms with Crippen LogP contribution in [0.5, 0.6) is 23.0 Å². The smallest absolute Gasteiger partial charge is 0.339 e. The van der Waals surface area contributed by atoms with E-state index in [2.05, 4.69) is 4.98 Å². The van der Waals surface area contributed by atoms with Crippen molar-refractivity contribution >= 4 is 11.7 Å². The standard InChI is InChI=1S/C21H20N2O6/c1-12-20(27)13(6-7-22-12)10-23(11-14-8-16(24)3-5-18(14)25)15-2-4-19(26)17(9-15)21(28)29/h2-9,24-27H,10-11H2,1H3,(H,28,29). The largest absolute Gasteiger partial charge is 0.508 e. The molecule has 5 N–H and O–H groups in total. The minimum absolute atomic E-state index is 0.00914. The lowest BCUT2D eigenvalue weighted by atomic mass is 10.1. The highest BCUT2D eigenvalue weighted by molar-refractivity contribution is 5.92. The molecule has 2 aromatic carbocycles. The van der Waals surface area contributed by atoms with E-state index in [0.29, 0.717) is 22.5 Å². The second-order valence-corrected chi connectivity index (χ2v) is 6.58. The van der Waals surface area contributed by atoms with E-state index in [-0.39, 0.29) is 41.7 Å². The van der Waals surface area contributed by atoms with E-state index >= 15 is 0 Å². The molecule has 29 heavy (non-hydrogen) atoms. The van der Waals surface area contributed by atoms with Crippen molar-refractivity contribution in [2.75, 3.05) is 4.90 Å². The van der Waals surface area contributed by atoms with E-state index in [9.17, 15) is 30.3 Å². The molecule has 8 heteroatoms. The summed E-state index contributed by atoms with van der Waals surface area (Å²) < 4.78 is 0. The summed E-state index contributed by atoms with van der Waals surface area (Å²) in [6, 6.07) is 9.86. The minimum atomic E-state index is -1.29. The summed E-state index contributed by atoms with van der Waals surface area (Å²) in [7, 11) is 0. The van der Waals surface area contributed by atoms with Gasteiger partial charge in [0, 0.05) is 36.1 Å². The van der Waals surface area contributed by atoms with Crippen LogP contribution in [0.1, 0.15) is 27.2 Å². The van der Waals surface area contributed by atoms with Crippen molar-refractivity contribution in [3.05, 3.63) is 71.0 Å². The molecule has 1 aromatic heterocycles. The Morgan fingerprint density at radius 1 is 0.931 bits per heavy atom. The summed E-state index contributed by atoms with van der Waals surface area (Å²) in [5.41, 5.74) is 1.56. The lowest BCUT2D eigenvalue weighted by molar-refractivity contribution is 0.0693. The average molecular weight is 396 g/mol. The molecule has 150 valence electrons. The number of aryl methyl sites for hydroxylation is 1. The van der Waals surface area contributed by atoms with Crippen LogP contribution >= 0.6 is 0 Å². The fourth-order valence-electron chi connectivity index (χ4n) is 2.98. The number of carbonyl (C=O) groups is 1. The Labute approximate surface area is 166 Å². The van der Waals surface area contributed by atoms with E-state index in [1.807, 2.05) is 0 Å². The van der Waals surface area contributed by atoms with E-state index in [1.54, 1.807) is 24.1 Å².